The summed E-state index contributed by atoms with van der Waals surface area (Å²) in [5.41, 5.74) is 5.58. The molecule has 2 nitrogen and oxygen atoms in total. The minimum atomic E-state index is 0.777. The summed E-state index contributed by atoms with van der Waals surface area (Å²) in [6.07, 6.45) is 5.23. The van der Waals surface area contributed by atoms with Gasteiger partial charge in [-0.1, -0.05) is 13.0 Å². The van der Waals surface area contributed by atoms with Crippen LogP contribution in [0.4, 0.5) is 0 Å². The van der Waals surface area contributed by atoms with Crippen LogP contribution in [0.5, 0.6) is 0 Å². The van der Waals surface area contributed by atoms with E-state index in [2.05, 4.69) is 29.3 Å². The minimum absolute atomic E-state index is 0.777. The fourth-order valence-corrected chi connectivity index (χ4v) is 3.07. The lowest BCUT2D eigenvalue weighted by Gasteiger charge is -2.25. The summed E-state index contributed by atoms with van der Waals surface area (Å²) in [4.78, 5) is 4.18. The fourth-order valence-electron chi connectivity index (χ4n) is 2.34. The van der Waals surface area contributed by atoms with Gasteiger partial charge in [-0.3, -0.25) is 4.90 Å². The van der Waals surface area contributed by atoms with Crippen molar-refractivity contribution in [3.05, 3.63) is 22.4 Å². The average molecular weight is 252 g/mol. The van der Waals surface area contributed by atoms with Crippen molar-refractivity contribution in [3.8, 4) is 0 Å². The van der Waals surface area contributed by atoms with E-state index in [0.29, 0.717) is 0 Å². The quantitative estimate of drug-likeness (QED) is 0.770. The molecule has 0 saturated heterocycles. The van der Waals surface area contributed by atoms with Crippen LogP contribution in [-0.4, -0.2) is 24.0 Å². The van der Waals surface area contributed by atoms with Crippen molar-refractivity contribution in [2.45, 2.75) is 45.2 Å². The highest BCUT2D eigenvalue weighted by molar-refractivity contribution is 7.09. The Morgan fingerprint density at radius 3 is 2.94 bits per heavy atom. The number of nitrogens with two attached hydrogens (primary N) is 1. The highest BCUT2D eigenvalue weighted by Gasteiger charge is 2.29. The molecule has 1 aromatic rings. The Morgan fingerprint density at radius 1 is 1.53 bits per heavy atom. The molecule has 0 spiro atoms. The highest BCUT2D eigenvalue weighted by Crippen LogP contribution is 2.30. The molecule has 1 fully saturated rings. The lowest BCUT2D eigenvalue weighted by Crippen LogP contribution is -2.30. The van der Waals surface area contributed by atoms with Gasteiger partial charge >= 0.3 is 0 Å². The van der Waals surface area contributed by atoms with E-state index in [4.69, 9.17) is 5.73 Å². The Kier molecular flexibility index (Phi) is 5.01. The normalized spacial score (nSPS) is 17.6. The Morgan fingerprint density at radius 2 is 2.35 bits per heavy atom. The molecule has 1 aliphatic carbocycles. The van der Waals surface area contributed by atoms with Gasteiger partial charge in [0.15, 0.2) is 0 Å². The summed E-state index contributed by atoms with van der Waals surface area (Å²) in [5, 5.41) is 2.18. The summed E-state index contributed by atoms with van der Waals surface area (Å²) in [7, 11) is 0. The van der Waals surface area contributed by atoms with Gasteiger partial charge in [0.2, 0.25) is 0 Å². The zero-order valence-corrected chi connectivity index (χ0v) is 11.6. The summed E-state index contributed by atoms with van der Waals surface area (Å²) in [5.74, 6) is 0.777. The van der Waals surface area contributed by atoms with Crippen LogP contribution in [0.3, 0.4) is 0 Å². The van der Waals surface area contributed by atoms with E-state index in [1.165, 1.54) is 37.1 Å². The van der Waals surface area contributed by atoms with E-state index in [1.807, 2.05) is 11.3 Å². The molecule has 0 aromatic carbocycles. The first-order valence-electron chi connectivity index (χ1n) is 6.76. The van der Waals surface area contributed by atoms with Gasteiger partial charge < -0.3 is 5.73 Å². The zero-order valence-electron chi connectivity index (χ0n) is 10.8. The van der Waals surface area contributed by atoms with Gasteiger partial charge in [0.25, 0.3) is 0 Å². The predicted octanol–water partition coefficient (Wildman–Crippen LogP) is 3.09. The maximum Gasteiger partial charge on any atom is 0.0330 e. The molecule has 1 aromatic heterocycles. The molecule has 3 heteroatoms. The third-order valence-electron chi connectivity index (χ3n) is 3.45. The highest BCUT2D eigenvalue weighted by atomic mass is 32.1. The Labute approximate surface area is 109 Å². The molecular weight excluding hydrogens is 228 g/mol. The molecule has 1 heterocycles. The topological polar surface area (TPSA) is 29.3 Å². The second-order valence-electron chi connectivity index (χ2n) is 5.28. The van der Waals surface area contributed by atoms with Crippen LogP contribution in [-0.2, 0) is 6.54 Å². The van der Waals surface area contributed by atoms with E-state index < -0.39 is 0 Å². The van der Waals surface area contributed by atoms with Crippen LogP contribution in [0, 0.1) is 5.92 Å². The second kappa shape index (κ2) is 6.53. The van der Waals surface area contributed by atoms with E-state index in [0.717, 1.165) is 25.0 Å². The lowest BCUT2D eigenvalue weighted by atomic mass is 10.0. The zero-order chi connectivity index (χ0) is 12.1. The number of hydrogen-bond acceptors (Lipinski definition) is 3. The number of thiophene rings is 1. The van der Waals surface area contributed by atoms with Crippen molar-refractivity contribution in [2.75, 3.05) is 13.1 Å². The molecule has 2 N–H and O–H groups in total. The smallest absolute Gasteiger partial charge is 0.0330 e. The third-order valence-corrected chi connectivity index (χ3v) is 4.31. The Hall–Kier alpha value is -0.380. The third kappa shape index (κ3) is 4.41. The molecular formula is C14H24N2S. The predicted molar refractivity (Wildman–Crippen MR) is 75.2 cm³/mol. The number of rotatable bonds is 8. The first-order valence-corrected chi connectivity index (χ1v) is 7.64. The Balaban J connectivity index is 1.80. The van der Waals surface area contributed by atoms with Crippen molar-refractivity contribution >= 4 is 11.3 Å². The van der Waals surface area contributed by atoms with E-state index in [9.17, 15) is 0 Å². The van der Waals surface area contributed by atoms with Gasteiger partial charge in [0, 0.05) is 24.0 Å². The van der Waals surface area contributed by atoms with Gasteiger partial charge in [0.1, 0.15) is 0 Å². The van der Waals surface area contributed by atoms with Crippen LogP contribution in [0.25, 0.3) is 0 Å². The van der Waals surface area contributed by atoms with Gasteiger partial charge in [-0.05, 0) is 49.6 Å². The van der Waals surface area contributed by atoms with Crippen molar-refractivity contribution in [1.82, 2.24) is 4.90 Å². The van der Waals surface area contributed by atoms with Crippen molar-refractivity contribution in [1.29, 1.82) is 0 Å². The molecule has 1 unspecified atom stereocenters. The van der Waals surface area contributed by atoms with Gasteiger partial charge in [0.05, 0.1) is 0 Å². The van der Waals surface area contributed by atoms with Crippen molar-refractivity contribution < 1.29 is 0 Å². The average Bonchev–Trinajstić information content (AvgIpc) is 3.05. The monoisotopic (exact) mass is 252 g/mol. The minimum Gasteiger partial charge on any atom is -0.330 e. The molecule has 0 radical (unpaired) electrons. The molecule has 1 atom stereocenters. The number of nitrogens with zero attached hydrogens (tertiary/aromatic N) is 1. The standard InChI is InChI=1S/C14H24N2S/c1-12(4-2-8-15)10-16(13-6-7-13)11-14-5-3-9-17-14/h3,5,9,12-13H,2,4,6-8,10-11,15H2,1H3. The van der Waals surface area contributed by atoms with Gasteiger partial charge in [-0.2, -0.15) is 0 Å². The van der Waals surface area contributed by atoms with Crippen LogP contribution < -0.4 is 5.73 Å². The van der Waals surface area contributed by atoms with Crippen LogP contribution in [0.2, 0.25) is 0 Å². The molecule has 1 aliphatic rings. The van der Waals surface area contributed by atoms with Gasteiger partial charge in [-0.25, -0.2) is 0 Å². The molecule has 17 heavy (non-hydrogen) atoms. The van der Waals surface area contributed by atoms with E-state index in [1.54, 1.807) is 0 Å². The second-order valence-corrected chi connectivity index (χ2v) is 6.31. The summed E-state index contributed by atoms with van der Waals surface area (Å²) in [6.45, 7) is 5.58. The molecule has 0 amide bonds. The largest absolute Gasteiger partial charge is 0.330 e. The van der Waals surface area contributed by atoms with E-state index >= 15 is 0 Å². The molecule has 1 saturated carbocycles. The Bertz CT molecular complexity index is 306. The first kappa shape index (κ1) is 13.1. The van der Waals surface area contributed by atoms with Gasteiger partial charge in [-0.15, -0.1) is 11.3 Å². The first-order chi connectivity index (χ1) is 8.29. The summed E-state index contributed by atoms with van der Waals surface area (Å²) < 4.78 is 0. The van der Waals surface area contributed by atoms with Crippen LogP contribution in [0.1, 0.15) is 37.5 Å². The van der Waals surface area contributed by atoms with Crippen LogP contribution in [0.15, 0.2) is 17.5 Å². The molecule has 0 aliphatic heterocycles. The van der Waals surface area contributed by atoms with E-state index in [-0.39, 0.29) is 0 Å². The molecule has 2 rings (SSSR count). The maximum absolute atomic E-state index is 5.58. The fraction of sp³-hybridized carbons (Fsp3) is 0.714. The summed E-state index contributed by atoms with van der Waals surface area (Å²) in [6, 6.07) is 5.27. The van der Waals surface area contributed by atoms with Crippen molar-refractivity contribution in [2.24, 2.45) is 11.7 Å². The van der Waals surface area contributed by atoms with Crippen LogP contribution >= 0.6 is 11.3 Å². The molecule has 0 bridgehead atoms. The lowest BCUT2D eigenvalue weighted by molar-refractivity contribution is 0.215. The number of hydrogen-bond donors (Lipinski definition) is 1. The molecule has 96 valence electrons. The maximum atomic E-state index is 5.58. The van der Waals surface area contributed by atoms with Crippen molar-refractivity contribution in [3.63, 3.8) is 0 Å². The summed E-state index contributed by atoms with van der Waals surface area (Å²) >= 11 is 1.88. The SMILES string of the molecule is CC(CCCN)CN(Cc1cccs1)C1CC1.